The van der Waals surface area contributed by atoms with Crippen molar-refractivity contribution in [3.05, 3.63) is 110 Å². The Balaban J connectivity index is 1.66. The Bertz CT molecular complexity index is 1710. The highest BCUT2D eigenvalue weighted by atomic mass is 32.2. The van der Waals surface area contributed by atoms with Gasteiger partial charge in [-0.3, -0.25) is 9.36 Å². The first-order valence-electron chi connectivity index (χ1n) is 10.6. The van der Waals surface area contributed by atoms with Crippen molar-refractivity contribution in [2.75, 3.05) is 0 Å². The van der Waals surface area contributed by atoms with Crippen LogP contribution < -0.4 is 11.2 Å². The van der Waals surface area contributed by atoms with Crippen molar-refractivity contribution in [1.82, 2.24) is 9.55 Å². The van der Waals surface area contributed by atoms with Crippen molar-refractivity contribution in [1.29, 1.82) is 0 Å². The molecular formula is C26H17F3N2O3S. The quantitative estimate of drug-likeness (QED) is 0.171. The van der Waals surface area contributed by atoms with Crippen molar-refractivity contribution >= 4 is 33.6 Å². The molecule has 5 rings (SSSR count). The molecule has 0 amide bonds. The molecule has 0 N–H and O–H groups in total. The smallest absolute Gasteiger partial charge is 0.416 e. The zero-order chi connectivity index (χ0) is 24.7. The van der Waals surface area contributed by atoms with Gasteiger partial charge in [0.2, 0.25) is 0 Å². The first-order valence-corrected chi connectivity index (χ1v) is 11.5. The number of fused-ring (bicyclic) bond motifs is 2. The number of para-hydroxylation sites is 1. The van der Waals surface area contributed by atoms with E-state index in [0.29, 0.717) is 16.7 Å². The van der Waals surface area contributed by atoms with Crippen molar-refractivity contribution in [3.8, 4) is 5.69 Å². The SMILES string of the molecule is Cc1ccc2c(CSc3nc4ccccc4c(=O)n3-c3cccc(C(F)(F)F)c3)cc(=O)oc2c1. The molecule has 0 saturated heterocycles. The summed E-state index contributed by atoms with van der Waals surface area (Å²) in [7, 11) is 0. The molecule has 0 aliphatic heterocycles. The number of hydrogen-bond donors (Lipinski definition) is 0. The molecule has 2 heterocycles. The minimum atomic E-state index is -4.56. The zero-order valence-corrected chi connectivity index (χ0v) is 19.1. The molecule has 0 atom stereocenters. The second-order valence-corrected chi connectivity index (χ2v) is 8.92. The van der Waals surface area contributed by atoms with Crippen molar-refractivity contribution in [2.24, 2.45) is 0 Å². The highest BCUT2D eigenvalue weighted by Gasteiger charge is 2.31. The van der Waals surface area contributed by atoms with Gasteiger partial charge in [0.15, 0.2) is 5.16 Å². The number of rotatable bonds is 4. The van der Waals surface area contributed by atoms with Gasteiger partial charge in [0.05, 0.1) is 22.2 Å². The molecule has 5 nitrogen and oxygen atoms in total. The molecule has 0 unspecified atom stereocenters. The maximum atomic E-state index is 13.4. The lowest BCUT2D eigenvalue weighted by molar-refractivity contribution is -0.137. The third kappa shape index (κ3) is 4.46. The van der Waals surface area contributed by atoms with E-state index in [-0.39, 0.29) is 22.0 Å². The fourth-order valence-corrected chi connectivity index (χ4v) is 4.86. The van der Waals surface area contributed by atoms with E-state index >= 15 is 0 Å². The second kappa shape index (κ2) is 8.74. The number of benzene rings is 3. The van der Waals surface area contributed by atoms with Gasteiger partial charge in [0.25, 0.3) is 5.56 Å². The van der Waals surface area contributed by atoms with Crippen LogP contribution in [0.5, 0.6) is 0 Å². The molecule has 35 heavy (non-hydrogen) atoms. The van der Waals surface area contributed by atoms with E-state index in [0.717, 1.165) is 34.8 Å². The van der Waals surface area contributed by atoms with Gasteiger partial charge in [0.1, 0.15) is 5.58 Å². The standard InChI is InChI=1S/C26H17F3N2O3S/c1-15-9-10-19-16(12-23(32)34-22(19)11-15)14-35-25-30-21-8-3-2-7-20(21)24(33)31(25)18-6-4-5-17(13-18)26(27,28)29/h2-13H,14H2,1H3. The fourth-order valence-electron chi connectivity index (χ4n) is 3.86. The number of halogens is 3. The highest BCUT2D eigenvalue weighted by Crippen LogP contribution is 2.32. The van der Waals surface area contributed by atoms with E-state index in [1.807, 2.05) is 19.1 Å². The lowest BCUT2D eigenvalue weighted by Gasteiger charge is -2.15. The third-order valence-corrected chi connectivity index (χ3v) is 6.51. The Hall–Kier alpha value is -3.85. The molecule has 9 heteroatoms. The average molecular weight is 494 g/mol. The molecule has 176 valence electrons. The Morgan fingerprint density at radius 3 is 2.54 bits per heavy atom. The number of hydrogen-bond acceptors (Lipinski definition) is 5. The summed E-state index contributed by atoms with van der Waals surface area (Å²) in [6, 6.07) is 18.1. The van der Waals surface area contributed by atoms with Crippen molar-refractivity contribution in [3.63, 3.8) is 0 Å². The summed E-state index contributed by atoms with van der Waals surface area (Å²) in [5, 5.41) is 1.23. The largest absolute Gasteiger partial charge is 0.423 e. The van der Waals surface area contributed by atoms with Crippen molar-refractivity contribution < 1.29 is 17.6 Å². The fraction of sp³-hybridized carbons (Fsp3) is 0.115. The molecule has 0 saturated carbocycles. The summed E-state index contributed by atoms with van der Waals surface area (Å²) in [5.41, 5.74) is 0.656. The normalized spacial score (nSPS) is 11.9. The van der Waals surface area contributed by atoms with Crippen LogP contribution in [-0.4, -0.2) is 9.55 Å². The predicted molar refractivity (Wildman–Crippen MR) is 129 cm³/mol. The number of aromatic nitrogens is 2. The van der Waals surface area contributed by atoms with Gasteiger partial charge in [-0.2, -0.15) is 13.2 Å². The summed E-state index contributed by atoms with van der Waals surface area (Å²) in [5.74, 6) is 0.245. The predicted octanol–water partition coefficient (Wildman–Crippen LogP) is 6.11. The van der Waals surface area contributed by atoms with E-state index in [1.54, 1.807) is 30.3 Å². The van der Waals surface area contributed by atoms with Gasteiger partial charge >= 0.3 is 11.8 Å². The molecule has 5 aromatic rings. The summed E-state index contributed by atoms with van der Waals surface area (Å²) in [6.45, 7) is 1.88. The maximum absolute atomic E-state index is 13.4. The third-order valence-electron chi connectivity index (χ3n) is 5.52. The Kier molecular flexibility index (Phi) is 5.72. The van der Waals surface area contributed by atoms with Gasteiger partial charge in [-0.1, -0.05) is 42.1 Å². The molecule has 3 aromatic carbocycles. The number of nitrogens with zero attached hydrogens (tertiary/aromatic N) is 2. The van der Waals surface area contributed by atoms with E-state index in [9.17, 15) is 22.8 Å². The molecule has 0 radical (unpaired) electrons. The summed E-state index contributed by atoms with van der Waals surface area (Å²) < 4.78 is 46.6. The Morgan fingerprint density at radius 1 is 0.943 bits per heavy atom. The van der Waals surface area contributed by atoms with E-state index in [1.165, 1.54) is 22.8 Å². The molecule has 2 aromatic heterocycles. The van der Waals surface area contributed by atoms with E-state index in [2.05, 4.69) is 4.98 Å². The van der Waals surface area contributed by atoms with Crippen molar-refractivity contribution in [2.45, 2.75) is 24.0 Å². The second-order valence-electron chi connectivity index (χ2n) is 7.98. The monoisotopic (exact) mass is 494 g/mol. The molecule has 0 fully saturated rings. The van der Waals surface area contributed by atoms with Gasteiger partial charge in [-0.25, -0.2) is 9.78 Å². The van der Waals surface area contributed by atoms with Crippen LogP contribution in [0, 0.1) is 6.92 Å². The summed E-state index contributed by atoms with van der Waals surface area (Å²) in [6.07, 6.45) is -4.56. The van der Waals surface area contributed by atoms with Crippen LogP contribution >= 0.6 is 11.8 Å². The topological polar surface area (TPSA) is 65.1 Å². The summed E-state index contributed by atoms with van der Waals surface area (Å²) >= 11 is 1.16. The molecule has 0 aliphatic carbocycles. The van der Waals surface area contributed by atoms with Crippen LogP contribution in [0.25, 0.3) is 27.6 Å². The number of alkyl halides is 3. The Labute approximate surface area is 200 Å². The van der Waals surface area contributed by atoms with Gasteiger partial charge in [-0.15, -0.1) is 0 Å². The zero-order valence-electron chi connectivity index (χ0n) is 18.3. The maximum Gasteiger partial charge on any atom is 0.416 e. The van der Waals surface area contributed by atoms with Crippen LogP contribution in [0.3, 0.4) is 0 Å². The van der Waals surface area contributed by atoms with Gasteiger partial charge in [0, 0.05) is 17.2 Å². The lowest BCUT2D eigenvalue weighted by Crippen LogP contribution is -2.22. The highest BCUT2D eigenvalue weighted by molar-refractivity contribution is 7.98. The summed E-state index contributed by atoms with van der Waals surface area (Å²) in [4.78, 5) is 30.1. The minimum Gasteiger partial charge on any atom is -0.423 e. The molecular weight excluding hydrogens is 477 g/mol. The number of aryl methyl sites for hydroxylation is 1. The van der Waals surface area contributed by atoms with Crippen LogP contribution in [-0.2, 0) is 11.9 Å². The average Bonchev–Trinajstić information content (AvgIpc) is 2.82. The van der Waals surface area contributed by atoms with E-state index < -0.39 is 22.9 Å². The van der Waals surface area contributed by atoms with Crippen LogP contribution in [0.2, 0.25) is 0 Å². The first-order chi connectivity index (χ1) is 16.7. The molecule has 0 aliphatic rings. The Morgan fingerprint density at radius 2 is 1.74 bits per heavy atom. The van der Waals surface area contributed by atoms with Gasteiger partial charge in [-0.05, 0) is 54.4 Å². The van der Waals surface area contributed by atoms with Crippen LogP contribution in [0.1, 0.15) is 16.7 Å². The van der Waals surface area contributed by atoms with Crippen LogP contribution in [0.4, 0.5) is 13.2 Å². The molecule has 0 bridgehead atoms. The van der Waals surface area contributed by atoms with E-state index in [4.69, 9.17) is 4.42 Å². The van der Waals surface area contributed by atoms with Gasteiger partial charge < -0.3 is 4.42 Å². The molecule has 0 spiro atoms. The lowest BCUT2D eigenvalue weighted by atomic mass is 10.1. The first kappa shape index (κ1) is 22.9. The number of thioether (sulfide) groups is 1. The van der Waals surface area contributed by atoms with Crippen LogP contribution in [0.15, 0.2) is 92.0 Å². The minimum absolute atomic E-state index is 0.0543.